The second kappa shape index (κ2) is 5.97. The van der Waals surface area contributed by atoms with Gasteiger partial charge in [0.2, 0.25) is 0 Å². The summed E-state index contributed by atoms with van der Waals surface area (Å²) in [4.78, 5) is 0. The van der Waals surface area contributed by atoms with Gasteiger partial charge in [-0.2, -0.15) is 0 Å². The summed E-state index contributed by atoms with van der Waals surface area (Å²) in [6, 6.07) is 11.7. The van der Waals surface area contributed by atoms with Crippen LogP contribution in [0.1, 0.15) is 28.3 Å². The van der Waals surface area contributed by atoms with Crippen molar-refractivity contribution in [2.75, 3.05) is 14.2 Å². The zero-order valence-corrected chi connectivity index (χ0v) is 12.4. The molecule has 0 bridgehead atoms. The largest absolute Gasteiger partial charge is 0.497 e. The quantitative estimate of drug-likeness (QED) is 0.927. The van der Waals surface area contributed by atoms with Crippen molar-refractivity contribution in [3.8, 4) is 11.5 Å². The zero-order chi connectivity index (χ0) is 14.7. The van der Waals surface area contributed by atoms with Crippen LogP contribution in [0, 0.1) is 13.8 Å². The van der Waals surface area contributed by atoms with Crippen LogP contribution in [0.4, 0.5) is 0 Å². The van der Waals surface area contributed by atoms with Crippen LogP contribution in [-0.4, -0.2) is 14.2 Å². The van der Waals surface area contributed by atoms with Crippen molar-refractivity contribution in [1.29, 1.82) is 0 Å². The summed E-state index contributed by atoms with van der Waals surface area (Å²) < 4.78 is 10.7. The number of benzene rings is 2. The van der Waals surface area contributed by atoms with Crippen LogP contribution in [0.25, 0.3) is 0 Å². The van der Waals surface area contributed by atoms with Gasteiger partial charge in [-0.15, -0.1) is 0 Å². The Hall–Kier alpha value is -2.00. The van der Waals surface area contributed by atoms with Crippen LogP contribution in [0.3, 0.4) is 0 Å². The molecule has 3 heteroatoms. The normalized spacial score (nSPS) is 12.1. The highest BCUT2D eigenvalue weighted by Gasteiger charge is 2.17. The summed E-state index contributed by atoms with van der Waals surface area (Å²) >= 11 is 0. The van der Waals surface area contributed by atoms with Crippen molar-refractivity contribution in [2.24, 2.45) is 5.73 Å². The van der Waals surface area contributed by atoms with Crippen LogP contribution in [0.5, 0.6) is 11.5 Å². The summed E-state index contributed by atoms with van der Waals surface area (Å²) in [6.07, 6.45) is 0. The van der Waals surface area contributed by atoms with Gasteiger partial charge in [0.15, 0.2) is 0 Å². The highest BCUT2D eigenvalue weighted by Crippen LogP contribution is 2.33. The molecule has 2 aromatic rings. The number of hydrogen-bond donors (Lipinski definition) is 1. The molecule has 0 aliphatic heterocycles. The van der Waals surface area contributed by atoms with E-state index in [0.717, 1.165) is 22.6 Å². The molecular weight excluding hydrogens is 250 g/mol. The van der Waals surface area contributed by atoms with E-state index < -0.39 is 0 Å². The van der Waals surface area contributed by atoms with Crippen LogP contribution in [0.2, 0.25) is 0 Å². The molecule has 0 saturated heterocycles. The highest BCUT2D eigenvalue weighted by molar-refractivity contribution is 5.48. The van der Waals surface area contributed by atoms with Crippen molar-refractivity contribution in [2.45, 2.75) is 19.9 Å². The van der Waals surface area contributed by atoms with Crippen LogP contribution < -0.4 is 15.2 Å². The van der Waals surface area contributed by atoms with Gasteiger partial charge in [0.05, 0.1) is 20.3 Å². The third-order valence-corrected chi connectivity index (χ3v) is 3.76. The van der Waals surface area contributed by atoms with Gasteiger partial charge in [0, 0.05) is 11.6 Å². The number of aryl methyl sites for hydroxylation is 1. The lowest BCUT2D eigenvalue weighted by Gasteiger charge is -2.19. The molecule has 20 heavy (non-hydrogen) atoms. The van der Waals surface area contributed by atoms with E-state index in [1.54, 1.807) is 14.2 Å². The summed E-state index contributed by atoms with van der Waals surface area (Å²) in [5, 5.41) is 0. The van der Waals surface area contributed by atoms with Crippen molar-refractivity contribution >= 4 is 0 Å². The Balaban J connectivity index is 2.47. The molecule has 2 rings (SSSR count). The minimum atomic E-state index is -0.212. The highest BCUT2D eigenvalue weighted by atomic mass is 16.5. The van der Waals surface area contributed by atoms with E-state index in [1.807, 2.05) is 24.3 Å². The third kappa shape index (κ3) is 2.63. The van der Waals surface area contributed by atoms with Crippen molar-refractivity contribution in [3.05, 3.63) is 58.7 Å². The second-order valence-corrected chi connectivity index (χ2v) is 4.87. The first-order chi connectivity index (χ1) is 9.58. The van der Waals surface area contributed by atoms with Gasteiger partial charge in [-0.3, -0.25) is 0 Å². The number of methoxy groups -OCH3 is 2. The van der Waals surface area contributed by atoms with E-state index in [2.05, 4.69) is 26.0 Å². The molecule has 3 nitrogen and oxygen atoms in total. The molecule has 0 radical (unpaired) electrons. The van der Waals surface area contributed by atoms with E-state index >= 15 is 0 Å². The Kier molecular flexibility index (Phi) is 4.30. The van der Waals surface area contributed by atoms with Gasteiger partial charge in [0.25, 0.3) is 0 Å². The maximum Gasteiger partial charge on any atom is 0.127 e. The Morgan fingerprint density at radius 3 is 2.35 bits per heavy atom. The SMILES string of the molecule is COc1ccc(C(N)c2cccc(C)c2C)c(OC)c1. The molecule has 2 N–H and O–H groups in total. The molecule has 0 aliphatic carbocycles. The first kappa shape index (κ1) is 14.4. The molecule has 0 spiro atoms. The summed E-state index contributed by atoms with van der Waals surface area (Å²) in [6.45, 7) is 4.19. The minimum absolute atomic E-state index is 0.212. The first-order valence-corrected chi connectivity index (χ1v) is 6.62. The summed E-state index contributed by atoms with van der Waals surface area (Å²) in [5.74, 6) is 1.51. The van der Waals surface area contributed by atoms with Crippen molar-refractivity contribution < 1.29 is 9.47 Å². The topological polar surface area (TPSA) is 44.5 Å². The maximum absolute atomic E-state index is 6.43. The summed E-state index contributed by atoms with van der Waals surface area (Å²) in [5.41, 5.74) is 11.0. The van der Waals surface area contributed by atoms with Crippen molar-refractivity contribution in [3.63, 3.8) is 0 Å². The molecule has 2 aromatic carbocycles. The predicted molar refractivity (Wildman–Crippen MR) is 81.5 cm³/mol. The van der Waals surface area contributed by atoms with Gasteiger partial charge in [0.1, 0.15) is 11.5 Å². The zero-order valence-electron chi connectivity index (χ0n) is 12.4. The maximum atomic E-state index is 6.43. The average molecular weight is 271 g/mol. The van der Waals surface area contributed by atoms with E-state index in [-0.39, 0.29) is 6.04 Å². The van der Waals surface area contributed by atoms with E-state index in [1.165, 1.54) is 11.1 Å². The van der Waals surface area contributed by atoms with Gasteiger partial charge in [-0.1, -0.05) is 18.2 Å². The monoisotopic (exact) mass is 271 g/mol. The summed E-state index contributed by atoms with van der Waals surface area (Å²) in [7, 11) is 3.28. The average Bonchev–Trinajstić information content (AvgIpc) is 2.48. The van der Waals surface area contributed by atoms with Gasteiger partial charge < -0.3 is 15.2 Å². The van der Waals surface area contributed by atoms with Gasteiger partial charge in [-0.25, -0.2) is 0 Å². The molecule has 106 valence electrons. The first-order valence-electron chi connectivity index (χ1n) is 6.62. The Labute approximate surface area is 120 Å². The lowest BCUT2D eigenvalue weighted by atomic mass is 9.93. The molecule has 1 atom stereocenters. The smallest absolute Gasteiger partial charge is 0.127 e. The van der Waals surface area contributed by atoms with Gasteiger partial charge >= 0.3 is 0 Å². The molecule has 0 fully saturated rings. The van der Waals surface area contributed by atoms with E-state index in [0.29, 0.717) is 0 Å². The van der Waals surface area contributed by atoms with Gasteiger partial charge in [-0.05, 0) is 42.7 Å². The molecular formula is C17H21NO2. The van der Waals surface area contributed by atoms with Crippen LogP contribution in [-0.2, 0) is 0 Å². The molecule has 0 saturated carbocycles. The Morgan fingerprint density at radius 1 is 0.950 bits per heavy atom. The number of rotatable bonds is 4. The van der Waals surface area contributed by atoms with Crippen LogP contribution in [0.15, 0.2) is 36.4 Å². The van der Waals surface area contributed by atoms with Crippen molar-refractivity contribution in [1.82, 2.24) is 0 Å². The fourth-order valence-electron chi connectivity index (χ4n) is 2.35. The Morgan fingerprint density at radius 2 is 1.70 bits per heavy atom. The van der Waals surface area contributed by atoms with Crippen LogP contribution >= 0.6 is 0 Å². The molecule has 0 heterocycles. The van der Waals surface area contributed by atoms with E-state index in [4.69, 9.17) is 15.2 Å². The minimum Gasteiger partial charge on any atom is -0.497 e. The lowest BCUT2D eigenvalue weighted by molar-refractivity contribution is 0.390. The second-order valence-electron chi connectivity index (χ2n) is 4.87. The standard InChI is InChI=1S/C17H21NO2/c1-11-6-5-7-14(12(11)2)17(18)15-9-8-13(19-3)10-16(15)20-4/h5-10,17H,18H2,1-4H3. The lowest BCUT2D eigenvalue weighted by Crippen LogP contribution is -2.15. The molecule has 1 unspecified atom stereocenters. The number of hydrogen-bond acceptors (Lipinski definition) is 3. The van der Waals surface area contributed by atoms with E-state index in [9.17, 15) is 0 Å². The number of ether oxygens (including phenoxy) is 2. The molecule has 0 amide bonds. The molecule has 0 aliphatic rings. The predicted octanol–water partition coefficient (Wildman–Crippen LogP) is 3.37. The fourth-order valence-corrected chi connectivity index (χ4v) is 2.35. The molecule has 0 aromatic heterocycles. The fraction of sp³-hybridized carbons (Fsp3) is 0.294. The third-order valence-electron chi connectivity index (χ3n) is 3.76. The Bertz CT molecular complexity index is 608. The number of nitrogens with two attached hydrogens (primary N) is 1.